The lowest BCUT2D eigenvalue weighted by Crippen LogP contribution is -2.24. The highest BCUT2D eigenvalue weighted by molar-refractivity contribution is 7.89. The van der Waals surface area contributed by atoms with Gasteiger partial charge in [0.2, 0.25) is 10.0 Å². The smallest absolute Gasteiger partial charge is 0.241 e. The van der Waals surface area contributed by atoms with Crippen LogP contribution in [0.15, 0.2) is 35.6 Å². The number of hydrogen-bond donors (Lipinski definition) is 3. The van der Waals surface area contributed by atoms with Crippen LogP contribution in [-0.4, -0.2) is 18.4 Å². The molecule has 0 aliphatic carbocycles. The number of rotatable bonds is 5. The molecular formula is C12H16N4O2S. The third-order valence-corrected chi connectivity index (χ3v) is 4.46. The molecule has 0 saturated heterocycles. The van der Waals surface area contributed by atoms with Crippen LogP contribution in [0.1, 0.15) is 16.8 Å². The summed E-state index contributed by atoms with van der Waals surface area (Å²) in [7, 11) is -3.55. The molecule has 0 fully saturated rings. The van der Waals surface area contributed by atoms with Gasteiger partial charge in [0.1, 0.15) is 0 Å². The van der Waals surface area contributed by atoms with Crippen molar-refractivity contribution in [3.05, 3.63) is 47.5 Å². The zero-order valence-electron chi connectivity index (χ0n) is 10.6. The maximum Gasteiger partial charge on any atom is 0.241 e. The maximum atomic E-state index is 12.2. The molecule has 6 nitrogen and oxygen atoms in total. The van der Waals surface area contributed by atoms with Crippen molar-refractivity contribution in [1.82, 2.24) is 14.7 Å². The van der Waals surface area contributed by atoms with Crippen molar-refractivity contribution in [2.45, 2.75) is 24.9 Å². The molecule has 0 radical (unpaired) electrons. The maximum absolute atomic E-state index is 12.2. The van der Waals surface area contributed by atoms with E-state index >= 15 is 0 Å². The van der Waals surface area contributed by atoms with Crippen molar-refractivity contribution in [2.24, 2.45) is 5.73 Å². The molecule has 2 aromatic rings. The molecule has 1 aromatic carbocycles. The van der Waals surface area contributed by atoms with E-state index in [9.17, 15) is 8.42 Å². The van der Waals surface area contributed by atoms with Gasteiger partial charge in [-0.25, -0.2) is 18.1 Å². The predicted octanol–water partition coefficient (Wildman–Crippen LogP) is 0.655. The number of nitrogens with two attached hydrogens (primary N) is 1. The molecular weight excluding hydrogens is 264 g/mol. The second kappa shape index (κ2) is 5.52. The molecule has 7 heteroatoms. The summed E-state index contributed by atoms with van der Waals surface area (Å²) in [5, 5.41) is 0. The first kappa shape index (κ1) is 13.7. The average Bonchev–Trinajstić information content (AvgIpc) is 2.90. The quantitative estimate of drug-likeness (QED) is 0.748. The van der Waals surface area contributed by atoms with Crippen LogP contribution in [-0.2, 0) is 23.1 Å². The summed E-state index contributed by atoms with van der Waals surface area (Å²) in [5.41, 5.74) is 7.80. The van der Waals surface area contributed by atoms with E-state index in [2.05, 4.69) is 14.7 Å². The highest BCUT2D eigenvalue weighted by Gasteiger charge is 2.17. The van der Waals surface area contributed by atoms with Crippen molar-refractivity contribution in [3.8, 4) is 0 Å². The summed E-state index contributed by atoms with van der Waals surface area (Å²) < 4.78 is 27.0. The molecule has 0 aliphatic heterocycles. The number of benzene rings is 1. The number of hydrogen-bond acceptors (Lipinski definition) is 4. The second-order valence-electron chi connectivity index (χ2n) is 4.15. The van der Waals surface area contributed by atoms with Gasteiger partial charge in [0, 0.05) is 18.4 Å². The number of imidazole rings is 1. The van der Waals surface area contributed by atoms with E-state index in [1.807, 2.05) is 6.07 Å². The lowest BCUT2D eigenvalue weighted by Gasteiger charge is -2.11. The first-order valence-corrected chi connectivity index (χ1v) is 7.28. The van der Waals surface area contributed by atoms with Gasteiger partial charge in [-0.15, -0.1) is 0 Å². The van der Waals surface area contributed by atoms with E-state index in [0.29, 0.717) is 17.8 Å². The van der Waals surface area contributed by atoms with E-state index in [4.69, 9.17) is 5.73 Å². The van der Waals surface area contributed by atoms with Crippen LogP contribution < -0.4 is 10.5 Å². The summed E-state index contributed by atoms with van der Waals surface area (Å²) in [6.45, 7) is 2.25. The van der Waals surface area contributed by atoms with Crippen molar-refractivity contribution < 1.29 is 8.42 Å². The van der Waals surface area contributed by atoms with E-state index < -0.39 is 10.0 Å². The topological polar surface area (TPSA) is 101 Å². The SMILES string of the molecule is Cc1c(CN)cccc1S(=O)(=O)NCc1cnc[nH]1. The van der Waals surface area contributed by atoms with E-state index in [0.717, 1.165) is 5.56 Å². The second-order valence-corrected chi connectivity index (χ2v) is 5.88. The highest BCUT2D eigenvalue weighted by atomic mass is 32.2. The Bertz CT molecular complexity index is 650. The molecule has 2 rings (SSSR count). The molecule has 0 unspecified atom stereocenters. The number of nitrogens with one attached hydrogen (secondary N) is 2. The summed E-state index contributed by atoms with van der Waals surface area (Å²) in [6.07, 6.45) is 3.08. The van der Waals surface area contributed by atoms with Gasteiger partial charge >= 0.3 is 0 Å². The van der Waals surface area contributed by atoms with Gasteiger partial charge in [-0.2, -0.15) is 0 Å². The van der Waals surface area contributed by atoms with Crippen LogP contribution in [0.3, 0.4) is 0 Å². The highest BCUT2D eigenvalue weighted by Crippen LogP contribution is 2.18. The molecule has 4 N–H and O–H groups in total. The number of sulfonamides is 1. The van der Waals surface area contributed by atoms with E-state index in [1.165, 1.54) is 6.33 Å². The van der Waals surface area contributed by atoms with Crippen LogP contribution in [0.25, 0.3) is 0 Å². The van der Waals surface area contributed by atoms with Gasteiger partial charge in [-0.05, 0) is 24.1 Å². The Kier molecular flexibility index (Phi) is 3.98. The number of nitrogens with zero attached hydrogens (tertiary/aromatic N) is 1. The summed E-state index contributed by atoms with van der Waals surface area (Å²) in [4.78, 5) is 6.93. The third-order valence-electron chi connectivity index (χ3n) is 2.91. The van der Waals surface area contributed by atoms with Crippen molar-refractivity contribution in [3.63, 3.8) is 0 Å². The molecule has 19 heavy (non-hydrogen) atoms. The van der Waals surface area contributed by atoms with Crippen LogP contribution in [0.5, 0.6) is 0 Å². The molecule has 0 spiro atoms. The van der Waals surface area contributed by atoms with Crippen molar-refractivity contribution in [1.29, 1.82) is 0 Å². The van der Waals surface area contributed by atoms with Crippen molar-refractivity contribution >= 4 is 10.0 Å². The first-order valence-electron chi connectivity index (χ1n) is 5.80. The zero-order chi connectivity index (χ0) is 13.9. The van der Waals surface area contributed by atoms with Gasteiger partial charge in [-0.3, -0.25) is 0 Å². The molecule has 1 heterocycles. The van der Waals surface area contributed by atoms with Crippen LogP contribution in [0.4, 0.5) is 0 Å². The zero-order valence-corrected chi connectivity index (χ0v) is 11.4. The van der Waals surface area contributed by atoms with E-state index in [-0.39, 0.29) is 11.4 Å². The molecule has 102 valence electrons. The predicted molar refractivity (Wildman–Crippen MR) is 71.7 cm³/mol. The lowest BCUT2D eigenvalue weighted by atomic mass is 10.1. The Morgan fingerprint density at radius 3 is 2.84 bits per heavy atom. The minimum atomic E-state index is -3.55. The number of H-pyrrole nitrogens is 1. The molecule has 0 aliphatic rings. The molecule has 0 bridgehead atoms. The number of aromatic nitrogens is 2. The lowest BCUT2D eigenvalue weighted by molar-refractivity contribution is 0.579. The molecule has 0 amide bonds. The minimum Gasteiger partial charge on any atom is -0.347 e. The fourth-order valence-corrected chi connectivity index (χ4v) is 3.10. The molecule has 1 aromatic heterocycles. The van der Waals surface area contributed by atoms with E-state index in [1.54, 1.807) is 25.3 Å². The third kappa shape index (κ3) is 3.01. The number of aromatic amines is 1. The van der Waals surface area contributed by atoms with Crippen LogP contribution >= 0.6 is 0 Å². The van der Waals surface area contributed by atoms with Crippen LogP contribution in [0.2, 0.25) is 0 Å². The minimum absolute atomic E-state index is 0.175. The van der Waals surface area contributed by atoms with Gasteiger partial charge < -0.3 is 10.7 Å². The van der Waals surface area contributed by atoms with Crippen LogP contribution in [0, 0.1) is 6.92 Å². The summed E-state index contributed by atoms with van der Waals surface area (Å²) in [5.74, 6) is 0. The Balaban J connectivity index is 2.24. The Labute approximate surface area is 112 Å². The summed E-state index contributed by atoms with van der Waals surface area (Å²) >= 11 is 0. The van der Waals surface area contributed by atoms with Crippen molar-refractivity contribution in [2.75, 3.05) is 0 Å². The Morgan fingerprint density at radius 2 is 2.21 bits per heavy atom. The Morgan fingerprint density at radius 1 is 1.42 bits per heavy atom. The standard InChI is InChI=1S/C12H16N4O2S/c1-9-10(5-13)3-2-4-12(9)19(17,18)16-7-11-6-14-8-15-11/h2-4,6,8,16H,5,7,13H2,1H3,(H,14,15). The summed E-state index contributed by atoms with van der Waals surface area (Å²) in [6, 6.07) is 5.09. The molecule has 0 atom stereocenters. The fraction of sp³-hybridized carbons (Fsp3) is 0.250. The largest absolute Gasteiger partial charge is 0.347 e. The normalized spacial score (nSPS) is 11.7. The fourth-order valence-electron chi connectivity index (χ4n) is 1.80. The average molecular weight is 280 g/mol. The monoisotopic (exact) mass is 280 g/mol. The molecule has 0 saturated carbocycles. The van der Waals surface area contributed by atoms with Gasteiger partial charge in [0.15, 0.2) is 0 Å². The first-order chi connectivity index (χ1) is 9.04. The van der Waals surface area contributed by atoms with Gasteiger partial charge in [0.05, 0.1) is 17.8 Å². The van der Waals surface area contributed by atoms with Gasteiger partial charge in [0.25, 0.3) is 0 Å². The van der Waals surface area contributed by atoms with Gasteiger partial charge in [-0.1, -0.05) is 12.1 Å². The Hall–Kier alpha value is -1.70.